The molecule has 0 spiro atoms. The van der Waals surface area contributed by atoms with Crippen molar-refractivity contribution in [2.75, 3.05) is 0 Å². The second-order valence-corrected chi connectivity index (χ2v) is 8.13. The van der Waals surface area contributed by atoms with Crippen LogP contribution in [0.4, 0.5) is 0 Å². The lowest BCUT2D eigenvalue weighted by Gasteiger charge is -2.32. The molecular weight excluding hydrogens is 326 g/mol. The van der Waals surface area contributed by atoms with Crippen LogP contribution < -0.4 is 0 Å². The molecule has 1 aliphatic heterocycles. The molecule has 5 heteroatoms. The summed E-state index contributed by atoms with van der Waals surface area (Å²) in [6, 6.07) is 4.35. The highest BCUT2D eigenvalue weighted by molar-refractivity contribution is 9.11. The van der Waals surface area contributed by atoms with Crippen LogP contribution in [0.5, 0.6) is 0 Å². The van der Waals surface area contributed by atoms with E-state index in [1.54, 1.807) is 11.3 Å². The second kappa shape index (κ2) is 5.54. The summed E-state index contributed by atoms with van der Waals surface area (Å²) < 4.78 is 1.12. The normalized spacial score (nSPS) is 31.3. The zero-order valence-corrected chi connectivity index (χ0v) is 13.1. The highest BCUT2D eigenvalue weighted by atomic mass is 79.9. The van der Waals surface area contributed by atoms with Gasteiger partial charge in [0.2, 0.25) is 0 Å². The number of aliphatic carboxylic acids is 1. The summed E-state index contributed by atoms with van der Waals surface area (Å²) >= 11 is 5.19. The largest absolute Gasteiger partial charge is 0.480 e. The molecule has 2 heterocycles. The first-order chi connectivity index (χ1) is 9.15. The zero-order valence-electron chi connectivity index (χ0n) is 10.7. The molecule has 2 fully saturated rings. The Hall–Kier alpha value is -0.390. The smallest absolute Gasteiger partial charge is 0.320 e. The van der Waals surface area contributed by atoms with Crippen LogP contribution >= 0.6 is 27.3 Å². The zero-order chi connectivity index (χ0) is 13.4. The summed E-state index contributed by atoms with van der Waals surface area (Å²) in [5, 5.41) is 9.47. The molecule has 1 saturated carbocycles. The van der Waals surface area contributed by atoms with Gasteiger partial charge in [0.15, 0.2) is 0 Å². The average molecular weight is 344 g/mol. The van der Waals surface area contributed by atoms with Crippen LogP contribution in [-0.4, -0.2) is 28.1 Å². The minimum atomic E-state index is -0.648. The van der Waals surface area contributed by atoms with Gasteiger partial charge >= 0.3 is 5.97 Å². The summed E-state index contributed by atoms with van der Waals surface area (Å²) in [7, 11) is 0. The Morgan fingerprint density at radius 1 is 1.42 bits per heavy atom. The van der Waals surface area contributed by atoms with Gasteiger partial charge in [-0.1, -0.05) is 12.8 Å². The predicted molar refractivity (Wildman–Crippen MR) is 79.3 cm³/mol. The molecule has 1 aromatic heterocycles. The lowest BCUT2D eigenvalue weighted by Crippen LogP contribution is -2.41. The van der Waals surface area contributed by atoms with Crippen LogP contribution in [0.25, 0.3) is 0 Å². The molecule has 0 aromatic carbocycles. The first-order valence-electron chi connectivity index (χ1n) is 6.88. The first-order valence-corrected chi connectivity index (χ1v) is 8.49. The number of rotatable bonds is 3. The van der Waals surface area contributed by atoms with Crippen LogP contribution in [0.3, 0.4) is 0 Å². The molecule has 0 unspecified atom stereocenters. The molecule has 0 bridgehead atoms. The SMILES string of the molecule is O=C(O)[C@@H]1C[C@H]2CCCC[C@H]2N1Cc1ccc(Br)s1. The van der Waals surface area contributed by atoms with Gasteiger partial charge in [0, 0.05) is 17.5 Å². The fraction of sp³-hybridized carbons (Fsp3) is 0.643. The minimum Gasteiger partial charge on any atom is -0.480 e. The van der Waals surface area contributed by atoms with Gasteiger partial charge in [-0.25, -0.2) is 0 Å². The van der Waals surface area contributed by atoms with Crippen molar-refractivity contribution < 1.29 is 9.90 Å². The third-order valence-corrected chi connectivity index (χ3v) is 6.08. The van der Waals surface area contributed by atoms with Crippen molar-refractivity contribution in [2.45, 2.75) is 50.7 Å². The molecule has 2 aliphatic rings. The van der Waals surface area contributed by atoms with Crippen molar-refractivity contribution in [3.63, 3.8) is 0 Å². The maximum Gasteiger partial charge on any atom is 0.320 e. The Morgan fingerprint density at radius 3 is 2.89 bits per heavy atom. The van der Waals surface area contributed by atoms with E-state index in [9.17, 15) is 9.90 Å². The third kappa shape index (κ3) is 2.73. The molecule has 1 saturated heterocycles. The number of carboxylic acid groups (broad SMARTS) is 1. The van der Waals surface area contributed by atoms with Crippen LogP contribution in [-0.2, 0) is 11.3 Å². The van der Waals surface area contributed by atoms with E-state index in [1.807, 2.05) is 6.07 Å². The van der Waals surface area contributed by atoms with E-state index in [1.165, 1.54) is 30.6 Å². The fourth-order valence-electron chi connectivity index (χ4n) is 3.64. The predicted octanol–water partition coefficient (Wildman–Crippen LogP) is 3.73. The van der Waals surface area contributed by atoms with E-state index in [2.05, 4.69) is 26.9 Å². The van der Waals surface area contributed by atoms with E-state index in [0.29, 0.717) is 12.0 Å². The molecule has 0 radical (unpaired) electrons. The number of halogens is 1. The van der Waals surface area contributed by atoms with Gasteiger partial charge in [-0.05, 0) is 53.2 Å². The Balaban J connectivity index is 1.80. The van der Waals surface area contributed by atoms with Gasteiger partial charge in [0.1, 0.15) is 6.04 Å². The quantitative estimate of drug-likeness (QED) is 0.908. The number of thiophene rings is 1. The number of hydrogen-bond donors (Lipinski definition) is 1. The Bertz CT molecular complexity index is 476. The van der Waals surface area contributed by atoms with Crippen LogP contribution in [0.15, 0.2) is 15.9 Å². The van der Waals surface area contributed by atoms with Crippen LogP contribution in [0.2, 0.25) is 0 Å². The molecule has 3 atom stereocenters. The molecule has 1 aromatic rings. The van der Waals surface area contributed by atoms with Crippen molar-refractivity contribution in [2.24, 2.45) is 5.92 Å². The number of likely N-dealkylation sites (tertiary alicyclic amines) is 1. The number of carboxylic acids is 1. The van der Waals surface area contributed by atoms with Crippen molar-refractivity contribution in [3.05, 3.63) is 20.8 Å². The molecule has 3 nitrogen and oxygen atoms in total. The van der Waals surface area contributed by atoms with Crippen molar-refractivity contribution in [3.8, 4) is 0 Å². The summed E-state index contributed by atoms with van der Waals surface area (Å²) in [6.45, 7) is 0.786. The lowest BCUT2D eigenvalue weighted by molar-refractivity contribution is -0.142. The van der Waals surface area contributed by atoms with E-state index < -0.39 is 5.97 Å². The van der Waals surface area contributed by atoms with Gasteiger partial charge in [0.25, 0.3) is 0 Å². The molecule has 3 rings (SSSR count). The topological polar surface area (TPSA) is 40.5 Å². The van der Waals surface area contributed by atoms with Gasteiger partial charge in [0.05, 0.1) is 3.79 Å². The summed E-state index contributed by atoms with van der Waals surface area (Å²) in [5.74, 6) is -0.0525. The first kappa shape index (κ1) is 13.6. The molecule has 104 valence electrons. The van der Waals surface area contributed by atoms with Gasteiger partial charge in [-0.2, -0.15) is 0 Å². The Kier molecular flexibility index (Phi) is 3.96. The fourth-order valence-corrected chi connectivity index (χ4v) is 5.13. The van der Waals surface area contributed by atoms with E-state index in [-0.39, 0.29) is 6.04 Å². The second-order valence-electron chi connectivity index (χ2n) is 5.58. The Morgan fingerprint density at radius 2 is 2.21 bits per heavy atom. The van der Waals surface area contributed by atoms with Crippen molar-refractivity contribution in [1.82, 2.24) is 4.90 Å². The third-order valence-electron chi connectivity index (χ3n) is 4.47. The highest BCUT2D eigenvalue weighted by Gasteiger charge is 2.45. The standard InChI is InChI=1S/C14H18BrNO2S/c15-13-6-5-10(19-13)8-16-11-4-2-1-3-9(11)7-12(16)14(17)18/h5-6,9,11-12H,1-4,7-8H2,(H,17,18)/t9-,11-,12+/m1/s1. The lowest BCUT2D eigenvalue weighted by atomic mass is 9.85. The minimum absolute atomic E-state index is 0.283. The van der Waals surface area contributed by atoms with Crippen LogP contribution in [0.1, 0.15) is 37.0 Å². The van der Waals surface area contributed by atoms with Crippen molar-refractivity contribution in [1.29, 1.82) is 0 Å². The average Bonchev–Trinajstić information content (AvgIpc) is 2.95. The monoisotopic (exact) mass is 343 g/mol. The number of fused-ring (bicyclic) bond motifs is 1. The summed E-state index contributed by atoms with van der Waals surface area (Å²) in [4.78, 5) is 15.0. The van der Waals surface area contributed by atoms with Gasteiger partial charge in [-0.15, -0.1) is 11.3 Å². The maximum atomic E-state index is 11.5. The maximum absolute atomic E-state index is 11.5. The molecule has 0 amide bonds. The molecule has 1 aliphatic carbocycles. The van der Waals surface area contributed by atoms with Crippen molar-refractivity contribution >= 4 is 33.2 Å². The Labute approximate surface area is 125 Å². The highest BCUT2D eigenvalue weighted by Crippen LogP contribution is 2.41. The van der Waals surface area contributed by atoms with E-state index >= 15 is 0 Å². The summed E-state index contributed by atoms with van der Waals surface area (Å²) in [6.07, 6.45) is 5.73. The number of carbonyl (C=O) groups is 1. The van der Waals surface area contributed by atoms with E-state index in [4.69, 9.17) is 0 Å². The number of hydrogen-bond acceptors (Lipinski definition) is 3. The molecule has 19 heavy (non-hydrogen) atoms. The molecular formula is C14H18BrNO2S. The van der Waals surface area contributed by atoms with Gasteiger partial charge < -0.3 is 5.11 Å². The van der Waals surface area contributed by atoms with Gasteiger partial charge in [-0.3, -0.25) is 9.69 Å². The van der Waals surface area contributed by atoms with E-state index in [0.717, 1.165) is 16.8 Å². The summed E-state index contributed by atoms with van der Waals surface area (Å²) in [5.41, 5.74) is 0. The van der Waals surface area contributed by atoms with Crippen LogP contribution in [0, 0.1) is 5.92 Å². The molecule has 1 N–H and O–H groups in total. The number of nitrogens with zero attached hydrogens (tertiary/aromatic N) is 1.